The van der Waals surface area contributed by atoms with Gasteiger partial charge < -0.3 is 10.6 Å². The van der Waals surface area contributed by atoms with Gasteiger partial charge in [0.2, 0.25) is 5.95 Å². The number of nitrogens with zero attached hydrogens (tertiary/aromatic N) is 6. The molecule has 0 bridgehead atoms. The van der Waals surface area contributed by atoms with Crippen LogP contribution in [0.5, 0.6) is 0 Å². The van der Waals surface area contributed by atoms with E-state index in [2.05, 4.69) is 9.97 Å². The molecule has 9 nitrogen and oxygen atoms in total. The summed E-state index contributed by atoms with van der Waals surface area (Å²) in [5, 5.41) is 5.10. The molecule has 5 rings (SSSR count). The Bertz CT molecular complexity index is 1440. The number of anilines is 2. The Balaban J connectivity index is 1.74. The number of ketones is 1. The van der Waals surface area contributed by atoms with Gasteiger partial charge in [-0.2, -0.15) is 10.1 Å². The molecule has 1 aromatic carbocycles. The largest absolute Gasteiger partial charge is 0.368 e. The molecule has 162 valence electrons. The van der Waals surface area contributed by atoms with E-state index >= 15 is 0 Å². The normalized spacial score (nSPS) is 15.7. The van der Waals surface area contributed by atoms with Gasteiger partial charge >= 0.3 is 0 Å². The molecule has 0 radical (unpaired) electrons. The fourth-order valence-electron chi connectivity index (χ4n) is 4.07. The van der Waals surface area contributed by atoms with Gasteiger partial charge in [0, 0.05) is 18.9 Å². The van der Waals surface area contributed by atoms with Crippen LogP contribution in [0.15, 0.2) is 47.5 Å². The smallest absolute Gasteiger partial charge is 0.284 e. The van der Waals surface area contributed by atoms with E-state index in [1.807, 2.05) is 36.1 Å². The maximum Gasteiger partial charge on any atom is 0.284 e. The van der Waals surface area contributed by atoms with Gasteiger partial charge in [0.15, 0.2) is 11.6 Å². The van der Waals surface area contributed by atoms with Crippen LogP contribution in [0.4, 0.5) is 11.8 Å². The number of aromatic nitrogens is 5. The van der Waals surface area contributed by atoms with Gasteiger partial charge in [-0.3, -0.25) is 14.2 Å². The minimum absolute atomic E-state index is 0.0764. The first-order chi connectivity index (χ1) is 15.4. The highest BCUT2D eigenvalue weighted by molar-refractivity contribution is 6.33. The molecule has 32 heavy (non-hydrogen) atoms. The second kappa shape index (κ2) is 7.45. The highest BCUT2D eigenvalue weighted by Gasteiger charge is 2.37. The predicted molar refractivity (Wildman–Crippen MR) is 122 cm³/mol. The summed E-state index contributed by atoms with van der Waals surface area (Å²) < 4.78 is 3.11. The zero-order valence-corrected chi connectivity index (χ0v) is 18.2. The van der Waals surface area contributed by atoms with Gasteiger partial charge in [0.1, 0.15) is 11.3 Å². The Morgan fingerprint density at radius 1 is 1.25 bits per heavy atom. The third-order valence-corrected chi connectivity index (χ3v) is 6.08. The van der Waals surface area contributed by atoms with E-state index in [0.717, 1.165) is 17.7 Å². The van der Waals surface area contributed by atoms with Crippen LogP contribution in [0.1, 0.15) is 41.1 Å². The van der Waals surface area contributed by atoms with Crippen LogP contribution in [-0.2, 0) is 0 Å². The van der Waals surface area contributed by atoms with Crippen LogP contribution in [0, 0.1) is 6.92 Å². The Labute approximate surface area is 188 Å². The number of halogens is 1. The summed E-state index contributed by atoms with van der Waals surface area (Å²) in [6.07, 6.45) is 3.82. The number of Topliss-reactive ketones (excluding diaryl/α,β-unsaturated/α-hetero) is 1. The van der Waals surface area contributed by atoms with Crippen LogP contribution in [0.2, 0.25) is 5.02 Å². The molecule has 1 saturated heterocycles. The van der Waals surface area contributed by atoms with Gasteiger partial charge in [-0.05, 0) is 38.0 Å². The van der Waals surface area contributed by atoms with Crippen molar-refractivity contribution >= 4 is 34.7 Å². The SMILES string of the molecule is CC(=O)c1cnc(N)nc1N1CC[C@H]1c1nn2ccc(Cl)c2c(=O)n1-c1ccccc1C. The van der Waals surface area contributed by atoms with E-state index in [9.17, 15) is 9.59 Å². The summed E-state index contributed by atoms with van der Waals surface area (Å²) >= 11 is 6.30. The lowest BCUT2D eigenvalue weighted by molar-refractivity contribution is 0.101. The van der Waals surface area contributed by atoms with E-state index in [0.29, 0.717) is 34.3 Å². The van der Waals surface area contributed by atoms with Crippen molar-refractivity contribution in [2.75, 3.05) is 17.2 Å². The molecule has 0 aliphatic carbocycles. The lowest BCUT2D eigenvalue weighted by Gasteiger charge is -2.42. The van der Waals surface area contributed by atoms with E-state index in [1.54, 1.807) is 16.8 Å². The number of fused-ring (bicyclic) bond motifs is 1. The summed E-state index contributed by atoms with van der Waals surface area (Å²) in [4.78, 5) is 36.0. The van der Waals surface area contributed by atoms with Gasteiger partial charge in [-0.15, -0.1) is 0 Å². The van der Waals surface area contributed by atoms with Crippen LogP contribution >= 0.6 is 11.6 Å². The van der Waals surface area contributed by atoms with Crippen molar-refractivity contribution in [1.29, 1.82) is 0 Å². The molecule has 0 unspecified atom stereocenters. The maximum atomic E-state index is 13.6. The number of hydrogen-bond donors (Lipinski definition) is 1. The summed E-state index contributed by atoms with van der Waals surface area (Å²) in [6, 6.07) is 8.96. The average molecular weight is 450 g/mol. The summed E-state index contributed by atoms with van der Waals surface area (Å²) in [5.41, 5.74) is 7.88. The molecule has 1 atom stereocenters. The highest BCUT2D eigenvalue weighted by Crippen LogP contribution is 2.38. The minimum Gasteiger partial charge on any atom is -0.368 e. The van der Waals surface area contributed by atoms with Crippen molar-refractivity contribution in [2.24, 2.45) is 0 Å². The fourth-order valence-corrected chi connectivity index (χ4v) is 4.30. The Kier molecular flexibility index (Phi) is 4.70. The third kappa shape index (κ3) is 3.04. The molecule has 1 fully saturated rings. The number of nitrogen functional groups attached to an aromatic ring is 1. The number of hydrogen-bond acceptors (Lipinski definition) is 7. The average Bonchev–Trinajstić information content (AvgIpc) is 3.09. The first-order valence-corrected chi connectivity index (χ1v) is 10.5. The molecule has 0 spiro atoms. The maximum absolute atomic E-state index is 13.6. The van der Waals surface area contributed by atoms with Crippen LogP contribution < -0.4 is 16.2 Å². The minimum atomic E-state index is -0.291. The van der Waals surface area contributed by atoms with Crippen molar-refractivity contribution in [3.05, 3.63) is 75.1 Å². The molecule has 1 aliphatic heterocycles. The van der Waals surface area contributed by atoms with E-state index < -0.39 is 0 Å². The molecule has 0 amide bonds. The molecule has 0 saturated carbocycles. The number of rotatable bonds is 4. The lowest BCUT2D eigenvalue weighted by Crippen LogP contribution is -2.46. The number of nitrogens with two attached hydrogens (primary N) is 1. The van der Waals surface area contributed by atoms with Gasteiger partial charge in [-0.1, -0.05) is 29.8 Å². The summed E-state index contributed by atoms with van der Waals surface area (Å²) in [6.45, 7) is 4.03. The van der Waals surface area contributed by atoms with Crippen molar-refractivity contribution in [2.45, 2.75) is 26.3 Å². The lowest BCUT2D eigenvalue weighted by atomic mass is 10.00. The molecule has 1 aliphatic rings. The monoisotopic (exact) mass is 449 g/mol. The third-order valence-electron chi connectivity index (χ3n) is 5.78. The molecule has 10 heteroatoms. The Morgan fingerprint density at radius 3 is 2.72 bits per heavy atom. The highest BCUT2D eigenvalue weighted by atomic mass is 35.5. The predicted octanol–water partition coefficient (Wildman–Crippen LogP) is 2.97. The zero-order chi connectivity index (χ0) is 22.6. The molecule has 4 aromatic rings. The zero-order valence-electron chi connectivity index (χ0n) is 17.5. The molecular weight excluding hydrogens is 430 g/mol. The van der Waals surface area contributed by atoms with E-state index in [1.165, 1.54) is 17.6 Å². The molecule has 2 N–H and O–H groups in total. The van der Waals surface area contributed by atoms with Crippen LogP contribution in [0.3, 0.4) is 0 Å². The van der Waals surface area contributed by atoms with Crippen molar-refractivity contribution in [3.63, 3.8) is 0 Å². The summed E-state index contributed by atoms with van der Waals surface area (Å²) in [5.74, 6) is 0.884. The van der Waals surface area contributed by atoms with Gasteiger partial charge in [-0.25, -0.2) is 9.50 Å². The number of benzene rings is 1. The first-order valence-electron chi connectivity index (χ1n) is 10.1. The Hall–Kier alpha value is -3.72. The Morgan fingerprint density at radius 2 is 2.03 bits per heavy atom. The van der Waals surface area contributed by atoms with Gasteiger partial charge in [0.25, 0.3) is 5.56 Å². The standard InChI is InChI=1S/C22H20ClN7O2/c1-12-5-3-4-6-16(12)30-20(27-29-10-7-15(23)18(29)21(30)32)17-8-9-28(17)19-14(13(2)31)11-25-22(24)26-19/h3-7,10-11,17H,8-9H2,1-2H3,(H2,24,25,26)/t17-/m0/s1. The topological polar surface area (TPSA) is 111 Å². The fraction of sp³-hybridized carbons (Fsp3) is 0.227. The van der Waals surface area contributed by atoms with Crippen LogP contribution in [0.25, 0.3) is 11.2 Å². The molecular formula is C22H20ClN7O2. The number of para-hydroxylation sites is 1. The van der Waals surface area contributed by atoms with Crippen molar-refractivity contribution < 1.29 is 4.79 Å². The quantitative estimate of drug-likeness (QED) is 0.476. The van der Waals surface area contributed by atoms with Gasteiger partial charge in [0.05, 0.1) is 22.3 Å². The number of aryl methyl sites for hydroxylation is 1. The number of carbonyl (C=O) groups is 1. The second-order valence-electron chi connectivity index (χ2n) is 7.76. The van der Waals surface area contributed by atoms with Crippen molar-refractivity contribution in [1.82, 2.24) is 24.1 Å². The molecule has 4 heterocycles. The first kappa shape index (κ1) is 20.2. The van der Waals surface area contributed by atoms with E-state index in [-0.39, 0.29) is 23.3 Å². The second-order valence-corrected chi connectivity index (χ2v) is 8.17. The van der Waals surface area contributed by atoms with Crippen molar-refractivity contribution in [3.8, 4) is 5.69 Å². The molecule has 3 aromatic heterocycles. The van der Waals surface area contributed by atoms with Crippen LogP contribution in [-0.4, -0.2) is 36.5 Å². The summed E-state index contributed by atoms with van der Waals surface area (Å²) in [7, 11) is 0. The number of carbonyl (C=O) groups excluding carboxylic acids is 1. The van der Waals surface area contributed by atoms with E-state index in [4.69, 9.17) is 22.4 Å².